The summed E-state index contributed by atoms with van der Waals surface area (Å²) >= 11 is 0. The van der Waals surface area contributed by atoms with Crippen LogP contribution in [-0.4, -0.2) is 81.1 Å². The number of anilines is 2. The van der Waals surface area contributed by atoms with Gasteiger partial charge in [-0.1, -0.05) is 6.92 Å². The van der Waals surface area contributed by atoms with Crippen LogP contribution < -0.4 is 25.4 Å². The molecule has 1 heterocycles. The first-order valence-electron chi connectivity index (χ1n) is 12.5. The minimum Gasteiger partial charge on any atom is -0.493 e. The molecule has 3 aromatic rings. The van der Waals surface area contributed by atoms with Gasteiger partial charge in [0.25, 0.3) is 0 Å². The van der Waals surface area contributed by atoms with Crippen LogP contribution in [0.5, 0.6) is 11.5 Å². The summed E-state index contributed by atoms with van der Waals surface area (Å²) in [6, 6.07) is 12.1. The van der Waals surface area contributed by atoms with E-state index in [-0.39, 0.29) is 6.03 Å². The van der Waals surface area contributed by atoms with Crippen molar-refractivity contribution >= 4 is 28.4 Å². The van der Waals surface area contributed by atoms with Gasteiger partial charge in [0, 0.05) is 50.4 Å². The minimum atomic E-state index is -0.340. The fourth-order valence-electron chi connectivity index (χ4n) is 3.76. The summed E-state index contributed by atoms with van der Waals surface area (Å²) in [6.07, 6.45) is 2.36. The Balaban J connectivity index is 1.52. The fourth-order valence-corrected chi connectivity index (χ4v) is 3.76. The Labute approximate surface area is 223 Å². The number of rotatable bonds is 15. The second-order valence-electron chi connectivity index (χ2n) is 8.37. The maximum absolute atomic E-state index is 12.1. The molecule has 0 aliphatic rings. The van der Waals surface area contributed by atoms with Crippen LogP contribution in [0, 0.1) is 11.3 Å². The van der Waals surface area contributed by atoms with Gasteiger partial charge in [0.05, 0.1) is 37.5 Å². The van der Waals surface area contributed by atoms with Gasteiger partial charge in [0.1, 0.15) is 12.1 Å². The molecule has 0 bridgehead atoms. The van der Waals surface area contributed by atoms with Crippen molar-refractivity contribution in [3.63, 3.8) is 0 Å². The number of methoxy groups -OCH3 is 2. The number of amides is 2. The highest BCUT2D eigenvalue weighted by molar-refractivity contribution is 5.92. The number of hydrogen-bond acceptors (Lipinski definition) is 9. The van der Waals surface area contributed by atoms with Gasteiger partial charge in [0.15, 0.2) is 11.5 Å². The molecule has 0 aliphatic heterocycles. The highest BCUT2D eigenvalue weighted by Crippen LogP contribution is 2.34. The van der Waals surface area contributed by atoms with Crippen molar-refractivity contribution < 1.29 is 19.0 Å². The summed E-state index contributed by atoms with van der Waals surface area (Å²) < 4.78 is 16.8. The van der Waals surface area contributed by atoms with E-state index in [2.05, 4.69) is 37.7 Å². The SMILES string of the molecule is CCN(CCCOc1cc2ncnc(NCCNC(=O)Nc3ccc(C#N)cc3)c2cc1OC)CCOC. The number of fused-ring (bicyclic) bond motifs is 1. The van der Waals surface area contributed by atoms with Gasteiger partial charge >= 0.3 is 6.03 Å². The maximum Gasteiger partial charge on any atom is 0.319 e. The predicted octanol–water partition coefficient (Wildman–Crippen LogP) is 3.48. The predicted molar refractivity (Wildman–Crippen MR) is 147 cm³/mol. The first-order chi connectivity index (χ1) is 18.6. The van der Waals surface area contributed by atoms with E-state index in [0.717, 1.165) is 37.0 Å². The Hall–Kier alpha value is -4.14. The second kappa shape index (κ2) is 15.2. The summed E-state index contributed by atoms with van der Waals surface area (Å²) in [6.45, 7) is 7.00. The van der Waals surface area contributed by atoms with Crippen molar-refractivity contribution in [3.05, 3.63) is 48.3 Å². The molecule has 3 rings (SSSR count). The van der Waals surface area contributed by atoms with Gasteiger partial charge in [-0.05, 0) is 43.3 Å². The number of urea groups is 1. The first-order valence-corrected chi connectivity index (χ1v) is 12.5. The zero-order chi connectivity index (χ0) is 27.2. The molecule has 3 N–H and O–H groups in total. The van der Waals surface area contributed by atoms with Crippen LogP contribution in [-0.2, 0) is 4.74 Å². The Morgan fingerprint density at radius 1 is 1.05 bits per heavy atom. The number of nitrogens with zero attached hydrogens (tertiary/aromatic N) is 4. The highest BCUT2D eigenvalue weighted by atomic mass is 16.5. The molecule has 11 heteroatoms. The Bertz CT molecular complexity index is 1210. The number of carbonyl (C=O) groups is 1. The summed E-state index contributed by atoms with van der Waals surface area (Å²) in [5, 5.41) is 18.4. The van der Waals surface area contributed by atoms with Crippen molar-refractivity contribution in [2.24, 2.45) is 0 Å². The first kappa shape index (κ1) is 28.4. The van der Waals surface area contributed by atoms with Crippen molar-refractivity contribution in [2.75, 3.05) is 70.8 Å². The number of likely N-dealkylation sites (N-methyl/N-ethyl adjacent to an activating group) is 1. The van der Waals surface area contributed by atoms with Crippen molar-refractivity contribution in [2.45, 2.75) is 13.3 Å². The topological polar surface area (TPSA) is 134 Å². The summed E-state index contributed by atoms with van der Waals surface area (Å²) in [5.74, 6) is 1.86. The average Bonchev–Trinajstić information content (AvgIpc) is 2.95. The molecule has 1 aromatic heterocycles. The third-order valence-corrected chi connectivity index (χ3v) is 5.83. The number of carbonyl (C=O) groups excluding carboxylic acids is 1. The zero-order valence-electron chi connectivity index (χ0n) is 22.1. The summed E-state index contributed by atoms with van der Waals surface area (Å²) in [5.41, 5.74) is 1.86. The molecular formula is C27H35N7O4. The van der Waals surface area contributed by atoms with Crippen molar-refractivity contribution in [3.8, 4) is 17.6 Å². The Morgan fingerprint density at radius 3 is 2.58 bits per heavy atom. The van der Waals surface area contributed by atoms with E-state index < -0.39 is 0 Å². The third kappa shape index (κ3) is 8.47. The molecule has 0 fully saturated rings. The van der Waals surface area contributed by atoms with Crippen LogP contribution in [0.3, 0.4) is 0 Å². The number of aromatic nitrogens is 2. The molecule has 38 heavy (non-hydrogen) atoms. The largest absolute Gasteiger partial charge is 0.493 e. The van der Waals surface area contributed by atoms with E-state index in [1.54, 1.807) is 38.5 Å². The lowest BCUT2D eigenvalue weighted by Crippen LogP contribution is -2.32. The number of hydrogen-bond donors (Lipinski definition) is 3. The molecule has 2 amide bonds. The zero-order valence-corrected chi connectivity index (χ0v) is 22.1. The number of benzene rings is 2. The molecule has 0 atom stereocenters. The summed E-state index contributed by atoms with van der Waals surface area (Å²) in [4.78, 5) is 23.2. The molecule has 202 valence electrons. The van der Waals surface area contributed by atoms with Crippen LogP contribution in [0.4, 0.5) is 16.3 Å². The van der Waals surface area contributed by atoms with Gasteiger partial charge < -0.3 is 35.1 Å². The van der Waals surface area contributed by atoms with Gasteiger partial charge in [0.2, 0.25) is 0 Å². The quantitative estimate of drug-likeness (QED) is 0.257. The molecule has 0 radical (unpaired) electrons. The lowest BCUT2D eigenvalue weighted by atomic mass is 10.2. The van der Waals surface area contributed by atoms with Crippen LogP contribution in [0.2, 0.25) is 0 Å². The normalized spacial score (nSPS) is 10.7. The molecule has 11 nitrogen and oxygen atoms in total. The highest BCUT2D eigenvalue weighted by Gasteiger charge is 2.12. The number of nitriles is 1. The monoisotopic (exact) mass is 521 g/mol. The standard InChI is InChI=1S/C27H35N7O4/c1-4-34(13-15-36-2)12-5-14-38-25-17-23-22(16-24(25)37-3)26(32-19-31-23)29-10-11-30-27(35)33-21-8-6-20(18-28)7-9-21/h6-9,16-17,19H,4-5,10-15H2,1-3H3,(H,29,31,32)(H2,30,33,35). The Morgan fingerprint density at radius 2 is 1.87 bits per heavy atom. The van der Waals surface area contributed by atoms with E-state index in [1.807, 2.05) is 18.2 Å². The van der Waals surface area contributed by atoms with Crippen LogP contribution in [0.1, 0.15) is 18.9 Å². The van der Waals surface area contributed by atoms with E-state index in [4.69, 9.17) is 19.5 Å². The minimum absolute atomic E-state index is 0.340. The van der Waals surface area contributed by atoms with E-state index in [9.17, 15) is 4.79 Å². The van der Waals surface area contributed by atoms with Crippen molar-refractivity contribution in [1.29, 1.82) is 5.26 Å². The number of ether oxygens (including phenoxy) is 3. The second-order valence-corrected chi connectivity index (χ2v) is 8.37. The molecule has 2 aromatic carbocycles. The molecular weight excluding hydrogens is 486 g/mol. The lowest BCUT2D eigenvalue weighted by molar-refractivity contribution is 0.145. The molecule has 0 aliphatic carbocycles. The molecule has 0 unspecified atom stereocenters. The van der Waals surface area contributed by atoms with Gasteiger partial charge in [-0.15, -0.1) is 0 Å². The maximum atomic E-state index is 12.1. The lowest BCUT2D eigenvalue weighted by Gasteiger charge is -2.20. The smallest absolute Gasteiger partial charge is 0.319 e. The van der Waals surface area contributed by atoms with E-state index >= 15 is 0 Å². The molecule has 0 saturated heterocycles. The fraction of sp³-hybridized carbons (Fsp3) is 0.407. The average molecular weight is 522 g/mol. The van der Waals surface area contributed by atoms with E-state index in [1.165, 1.54) is 6.33 Å². The van der Waals surface area contributed by atoms with Gasteiger partial charge in [-0.2, -0.15) is 5.26 Å². The molecule has 0 saturated carbocycles. The summed E-state index contributed by atoms with van der Waals surface area (Å²) in [7, 11) is 3.31. The number of nitrogens with one attached hydrogen (secondary N) is 3. The van der Waals surface area contributed by atoms with Crippen LogP contribution in [0.15, 0.2) is 42.7 Å². The third-order valence-electron chi connectivity index (χ3n) is 5.83. The van der Waals surface area contributed by atoms with Crippen LogP contribution >= 0.6 is 0 Å². The van der Waals surface area contributed by atoms with Gasteiger partial charge in [-0.25, -0.2) is 14.8 Å². The molecule has 0 spiro atoms. The van der Waals surface area contributed by atoms with E-state index in [0.29, 0.717) is 54.9 Å². The van der Waals surface area contributed by atoms with Crippen LogP contribution in [0.25, 0.3) is 10.9 Å². The van der Waals surface area contributed by atoms with Crippen molar-refractivity contribution in [1.82, 2.24) is 20.2 Å². The Kier molecular flexibility index (Phi) is 11.4. The van der Waals surface area contributed by atoms with Gasteiger partial charge in [-0.3, -0.25) is 0 Å².